The van der Waals surface area contributed by atoms with Gasteiger partial charge in [0.1, 0.15) is 5.60 Å². The van der Waals surface area contributed by atoms with E-state index in [-0.39, 0.29) is 18.6 Å². The van der Waals surface area contributed by atoms with E-state index in [1.54, 1.807) is 52.8 Å². The number of para-hydroxylation sites is 2. The van der Waals surface area contributed by atoms with Crippen LogP contribution in [0, 0.1) is 13.8 Å². The zero-order valence-corrected chi connectivity index (χ0v) is 25.5. The maximum atomic E-state index is 13.4. The van der Waals surface area contributed by atoms with E-state index in [0.717, 1.165) is 22.3 Å². The maximum absolute atomic E-state index is 13.4. The first-order chi connectivity index (χ1) is 20.0. The summed E-state index contributed by atoms with van der Waals surface area (Å²) in [6.07, 6.45) is -0.750. The van der Waals surface area contributed by atoms with Crippen molar-refractivity contribution in [1.29, 1.82) is 0 Å². The van der Waals surface area contributed by atoms with Crippen molar-refractivity contribution in [2.45, 2.75) is 64.7 Å². The van der Waals surface area contributed by atoms with Crippen LogP contribution in [-0.2, 0) is 27.7 Å². The summed E-state index contributed by atoms with van der Waals surface area (Å²) >= 11 is 0. The summed E-state index contributed by atoms with van der Waals surface area (Å²) in [6.45, 7) is 8.62. The molecule has 1 N–H and O–H groups in total. The Labute approximate surface area is 248 Å². The molecule has 12 heteroatoms. The molecule has 0 bridgehead atoms. The minimum atomic E-state index is -5.65. The Morgan fingerprint density at radius 2 is 1.42 bits per heavy atom. The fourth-order valence-corrected chi connectivity index (χ4v) is 5.23. The molecule has 1 unspecified atom stereocenters. The van der Waals surface area contributed by atoms with Crippen molar-refractivity contribution in [3.8, 4) is 0 Å². The third kappa shape index (κ3) is 7.94. The Balaban J connectivity index is 1.97. The molecule has 0 saturated heterocycles. The molecule has 0 saturated carbocycles. The largest absolute Gasteiger partial charge is 0.511 e. The van der Waals surface area contributed by atoms with Crippen LogP contribution in [-0.4, -0.2) is 41.3 Å². The zero-order valence-electron chi connectivity index (χ0n) is 24.6. The molecule has 0 fully saturated rings. The number of rotatable bonds is 8. The number of benzene rings is 3. The van der Waals surface area contributed by atoms with Gasteiger partial charge in [-0.3, -0.25) is 0 Å². The molecular formula is C31H35F3N4O4S. The molecule has 0 aliphatic carbocycles. The summed E-state index contributed by atoms with van der Waals surface area (Å²) < 4.78 is 74.9. The van der Waals surface area contributed by atoms with Crippen molar-refractivity contribution >= 4 is 27.1 Å². The zero-order chi connectivity index (χ0) is 31.6. The number of carbonyl (C=O) groups excluding carboxylic acids is 1. The number of hydrogen-bond donors (Lipinski definition) is 1. The van der Waals surface area contributed by atoms with Crippen LogP contribution in [0.1, 0.15) is 49.1 Å². The number of aryl methyl sites for hydroxylation is 2. The van der Waals surface area contributed by atoms with Gasteiger partial charge in [-0.15, -0.1) is 4.99 Å². The standard InChI is InChI=1S/C31H35F3N4O4S/c1-21-10-14-23(15-11-21)18-25(19-35-43(40,41)31(32,33)34)38-27-9-7-6-8-26(27)37(20-24-16-12-22(2)13-17-24)28(38)36-29(39)42-30(3,4)5/h6-17,25,35H,18-20H2,1-5H3. The maximum Gasteiger partial charge on any atom is 0.511 e. The van der Waals surface area contributed by atoms with E-state index in [9.17, 15) is 26.4 Å². The lowest BCUT2D eigenvalue weighted by Crippen LogP contribution is -2.42. The molecule has 1 heterocycles. The van der Waals surface area contributed by atoms with E-state index < -0.39 is 39.8 Å². The van der Waals surface area contributed by atoms with Crippen LogP contribution in [0.2, 0.25) is 0 Å². The van der Waals surface area contributed by atoms with Gasteiger partial charge in [0.05, 0.1) is 23.6 Å². The smallest absolute Gasteiger partial charge is 0.442 e. The van der Waals surface area contributed by atoms with Crippen LogP contribution in [0.3, 0.4) is 0 Å². The van der Waals surface area contributed by atoms with E-state index in [1.807, 2.05) is 68.4 Å². The molecule has 3 aromatic carbocycles. The second-order valence-corrected chi connectivity index (χ2v) is 13.2. The van der Waals surface area contributed by atoms with Gasteiger partial charge in [0.15, 0.2) is 0 Å². The summed E-state index contributed by atoms with van der Waals surface area (Å²) in [5.74, 6) is 0. The molecule has 0 spiro atoms. The van der Waals surface area contributed by atoms with Gasteiger partial charge in [0.25, 0.3) is 0 Å². The topological polar surface area (TPSA) is 94.7 Å². The normalized spacial score (nSPS) is 13.8. The van der Waals surface area contributed by atoms with Crippen molar-refractivity contribution in [1.82, 2.24) is 13.9 Å². The van der Waals surface area contributed by atoms with Crippen LogP contribution in [0.4, 0.5) is 18.0 Å². The van der Waals surface area contributed by atoms with E-state index >= 15 is 0 Å². The van der Waals surface area contributed by atoms with Crippen molar-refractivity contribution in [3.05, 3.63) is 101 Å². The Hall–Kier alpha value is -3.90. The Bertz CT molecular complexity index is 1770. The Morgan fingerprint density at radius 1 is 0.884 bits per heavy atom. The van der Waals surface area contributed by atoms with Crippen molar-refractivity contribution < 1.29 is 31.1 Å². The molecule has 1 aromatic heterocycles. The molecule has 43 heavy (non-hydrogen) atoms. The average molecular weight is 617 g/mol. The van der Waals surface area contributed by atoms with Crippen molar-refractivity contribution in [2.75, 3.05) is 6.54 Å². The van der Waals surface area contributed by atoms with Gasteiger partial charge in [0, 0.05) is 6.54 Å². The number of ether oxygens (including phenoxy) is 1. The first kappa shape index (κ1) is 32.0. The fourth-order valence-electron chi connectivity index (χ4n) is 4.65. The lowest BCUT2D eigenvalue weighted by molar-refractivity contribution is -0.0448. The van der Waals surface area contributed by atoms with Crippen LogP contribution in [0.15, 0.2) is 77.8 Å². The van der Waals surface area contributed by atoms with Crippen LogP contribution in [0.5, 0.6) is 0 Å². The summed E-state index contributed by atoms with van der Waals surface area (Å²) in [5.41, 5.74) is -1.33. The summed E-state index contributed by atoms with van der Waals surface area (Å²) in [5, 5.41) is 0. The number of carbonyl (C=O) groups is 1. The number of sulfonamides is 1. The van der Waals surface area contributed by atoms with E-state index in [2.05, 4.69) is 4.99 Å². The lowest BCUT2D eigenvalue weighted by Gasteiger charge is -2.22. The number of nitrogens with one attached hydrogen (secondary N) is 1. The van der Waals surface area contributed by atoms with Gasteiger partial charge >= 0.3 is 21.6 Å². The highest BCUT2D eigenvalue weighted by atomic mass is 32.2. The molecule has 0 aliphatic rings. The Morgan fingerprint density at radius 3 is 1.95 bits per heavy atom. The van der Waals surface area contributed by atoms with Crippen LogP contribution < -0.4 is 10.3 Å². The molecule has 230 valence electrons. The third-order valence-corrected chi connectivity index (χ3v) is 7.86. The second kappa shape index (κ2) is 12.4. The predicted molar refractivity (Wildman–Crippen MR) is 159 cm³/mol. The number of imidazole rings is 1. The van der Waals surface area contributed by atoms with Gasteiger partial charge in [-0.1, -0.05) is 71.8 Å². The first-order valence-electron chi connectivity index (χ1n) is 13.7. The molecule has 0 aliphatic heterocycles. The van der Waals surface area contributed by atoms with Crippen molar-refractivity contribution in [2.24, 2.45) is 4.99 Å². The molecule has 8 nitrogen and oxygen atoms in total. The predicted octanol–water partition coefficient (Wildman–Crippen LogP) is 6.17. The fraction of sp³-hybridized carbons (Fsp3) is 0.355. The number of fused-ring (bicyclic) bond motifs is 1. The number of hydrogen-bond acceptors (Lipinski definition) is 4. The van der Waals surface area contributed by atoms with Gasteiger partial charge in [-0.25, -0.2) is 17.9 Å². The molecular weight excluding hydrogens is 581 g/mol. The van der Waals surface area contributed by atoms with Gasteiger partial charge < -0.3 is 13.9 Å². The second-order valence-electron chi connectivity index (χ2n) is 11.5. The molecule has 1 atom stereocenters. The summed E-state index contributed by atoms with van der Waals surface area (Å²) in [6, 6.07) is 21.4. The quantitative estimate of drug-likeness (QED) is 0.256. The molecule has 0 radical (unpaired) electrons. The van der Waals surface area contributed by atoms with Crippen LogP contribution >= 0.6 is 0 Å². The van der Waals surface area contributed by atoms with Crippen molar-refractivity contribution in [3.63, 3.8) is 0 Å². The molecule has 4 aromatic rings. The van der Waals surface area contributed by atoms with Gasteiger partial charge in [0.2, 0.25) is 5.62 Å². The van der Waals surface area contributed by atoms with E-state index in [4.69, 9.17) is 4.74 Å². The minimum Gasteiger partial charge on any atom is -0.442 e. The molecule has 1 amide bonds. The molecule has 4 rings (SSSR count). The highest BCUT2D eigenvalue weighted by molar-refractivity contribution is 7.90. The number of alkyl halides is 3. The number of nitrogens with zero attached hydrogens (tertiary/aromatic N) is 3. The third-order valence-electron chi connectivity index (χ3n) is 6.71. The number of amides is 1. The first-order valence-corrected chi connectivity index (χ1v) is 15.2. The highest BCUT2D eigenvalue weighted by Gasteiger charge is 2.46. The summed E-state index contributed by atoms with van der Waals surface area (Å²) in [4.78, 5) is 17.4. The summed E-state index contributed by atoms with van der Waals surface area (Å²) in [7, 11) is -5.65. The highest BCUT2D eigenvalue weighted by Crippen LogP contribution is 2.25. The average Bonchev–Trinajstić information content (AvgIpc) is 3.19. The van der Waals surface area contributed by atoms with Gasteiger partial charge in [-0.2, -0.15) is 13.2 Å². The number of aromatic nitrogens is 2. The Kier molecular flexibility index (Phi) is 9.22. The number of halogens is 3. The van der Waals surface area contributed by atoms with Crippen LogP contribution in [0.25, 0.3) is 11.0 Å². The SMILES string of the molecule is Cc1ccc(CC(CNS(=O)(=O)C(F)(F)F)n2c(=NC(=O)OC(C)(C)C)n(Cc3ccc(C)cc3)c3ccccc32)cc1. The minimum absolute atomic E-state index is 0.111. The van der Waals surface area contributed by atoms with Gasteiger partial charge in [-0.05, 0) is 64.3 Å². The van der Waals surface area contributed by atoms with E-state index in [0.29, 0.717) is 11.0 Å². The monoisotopic (exact) mass is 616 g/mol. The van der Waals surface area contributed by atoms with E-state index in [1.165, 1.54) is 0 Å². The lowest BCUT2D eigenvalue weighted by atomic mass is 10.0.